The molecule has 21 heavy (non-hydrogen) atoms. The van der Waals surface area contributed by atoms with E-state index in [1.54, 1.807) is 4.90 Å². The third kappa shape index (κ3) is 3.40. The van der Waals surface area contributed by atoms with Crippen LogP contribution in [0, 0.1) is 0 Å². The number of nitrogens with one attached hydrogen (secondary N) is 1. The number of hydrogen-bond acceptors (Lipinski definition) is 4. The average Bonchev–Trinajstić information content (AvgIpc) is 2.72. The van der Waals surface area contributed by atoms with Crippen LogP contribution in [0.4, 0.5) is 4.39 Å². The zero-order valence-corrected chi connectivity index (χ0v) is 11.9. The molecule has 3 N–H and O–H groups in total. The van der Waals surface area contributed by atoms with Crippen molar-refractivity contribution in [2.75, 3.05) is 13.7 Å². The normalized spacial score (nSPS) is 29.5. The van der Waals surface area contributed by atoms with Crippen molar-refractivity contribution in [3.05, 3.63) is 35.9 Å². The SMILES string of the molecule is CNC(=O)C[C@@H]1[C@@H](O)[C@H](F)[C@@H](CO)N1Cc1ccccc1. The van der Waals surface area contributed by atoms with Gasteiger partial charge in [0, 0.05) is 26.1 Å². The second-order valence-electron chi connectivity index (χ2n) is 5.29. The lowest BCUT2D eigenvalue weighted by Gasteiger charge is -2.29. The molecule has 0 bridgehead atoms. The van der Waals surface area contributed by atoms with Crippen molar-refractivity contribution >= 4 is 5.91 Å². The summed E-state index contributed by atoms with van der Waals surface area (Å²) in [6.45, 7) is -0.0134. The first-order chi connectivity index (χ1) is 10.1. The lowest BCUT2D eigenvalue weighted by Crippen LogP contribution is -2.42. The topological polar surface area (TPSA) is 72.8 Å². The van der Waals surface area contributed by atoms with Gasteiger partial charge in [-0.3, -0.25) is 9.69 Å². The van der Waals surface area contributed by atoms with Gasteiger partial charge in [-0.2, -0.15) is 0 Å². The second-order valence-corrected chi connectivity index (χ2v) is 5.29. The van der Waals surface area contributed by atoms with Crippen molar-refractivity contribution < 1.29 is 19.4 Å². The Morgan fingerprint density at radius 3 is 2.57 bits per heavy atom. The molecule has 1 fully saturated rings. The minimum atomic E-state index is -1.56. The minimum absolute atomic E-state index is 0.00141. The van der Waals surface area contributed by atoms with Crippen LogP contribution >= 0.6 is 0 Å². The Bertz CT molecular complexity index is 471. The highest BCUT2D eigenvalue weighted by Crippen LogP contribution is 2.31. The predicted molar refractivity (Wildman–Crippen MR) is 76.2 cm³/mol. The molecule has 0 spiro atoms. The van der Waals surface area contributed by atoms with Gasteiger partial charge < -0.3 is 15.5 Å². The van der Waals surface area contributed by atoms with Gasteiger partial charge in [0.2, 0.25) is 5.91 Å². The van der Waals surface area contributed by atoms with Crippen LogP contribution < -0.4 is 5.32 Å². The van der Waals surface area contributed by atoms with E-state index in [4.69, 9.17) is 0 Å². The number of amides is 1. The molecule has 5 nitrogen and oxygen atoms in total. The fraction of sp³-hybridized carbons (Fsp3) is 0.533. The van der Waals surface area contributed by atoms with Crippen molar-refractivity contribution in [3.8, 4) is 0 Å². The number of halogens is 1. The van der Waals surface area contributed by atoms with Crippen LogP contribution in [0.1, 0.15) is 12.0 Å². The molecule has 1 amide bonds. The summed E-state index contributed by atoms with van der Waals surface area (Å²) in [4.78, 5) is 13.3. The lowest BCUT2D eigenvalue weighted by atomic mass is 10.1. The van der Waals surface area contributed by atoms with Crippen LogP contribution in [0.5, 0.6) is 0 Å². The first kappa shape index (κ1) is 15.9. The molecule has 1 aliphatic rings. The molecule has 0 radical (unpaired) electrons. The van der Waals surface area contributed by atoms with Gasteiger partial charge in [0.25, 0.3) is 0 Å². The number of benzene rings is 1. The number of carbonyl (C=O) groups is 1. The number of alkyl halides is 1. The molecule has 1 saturated heterocycles. The minimum Gasteiger partial charge on any atom is -0.395 e. The number of nitrogens with zero attached hydrogens (tertiary/aromatic N) is 1. The van der Waals surface area contributed by atoms with E-state index in [9.17, 15) is 19.4 Å². The summed E-state index contributed by atoms with van der Waals surface area (Å²) in [5.74, 6) is -0.261. The Hall–Kier alpha value is -1.50. The largest absolute Gasteiger partial charge is 0.395 e. The second kappa shape index (κ2) is 6.98. The number of likely N-dealkylation sites (tertiary alicyclic amines) is 1. The number of aliphatic hydroxyl groups excluding tert-OH is 2. The number of rotatable bonds is 5. The van der Waals surface area contributed by atoms with E-state index in [2.05, 4.69) is 5.32 Å². The van der Waals surface area contributed by atoms with E-state index in [1.807, 2.05) is 30.3 Å². The van der Waals surface area contributed by atoms with Gasteiger partial charge in [-0.25, -0.2) is 4.39 Å². The first-order valence-electron chi connectivity index (χ1n) is 7.01. The number of hydrogen-bond donors (Lipinski definition) is 3. The van der Waals surface area contributed by atoms with Gasteiger partial charge in [0.05, 0.1) is 12.6 Å². The predicted octanol–water partition coefficient (Wildman–Crippen LogP) is 0.0668. The molecule has 6 heteroatoms. The molecule has 1 heterocycles. The molecular formula is C15H21FN2O3. The smallest absolute Gasteiger partial charge is 0.221 e. The van der Waals surface area contributed by atoms with Crippen molar-refractivity contribution in [2.24, 2.45) is 0 Å². The van der Waals surface area contributed by atoms with Gasteiger partial charge >= 0.3 is 0 Å². The van der Waals surface area contributed by atoms with E-state index in [0.717, 1.165) is 5.56 Å². The van der Waals surface area contributed by atoms with E-state index in [1.165, 1.54) is 7.05 Å². The third-order valence-corrected chi connectivity index (χ3v) is 4.01. The van der Waals surface area contributed by atoms with Crippen LogP contribution in [0.15, 0.2) is 30.3 Å². The van der Waals surface area contributed by atoms with Crippen LogP contribution in [0.2, 0.25) is 0 Å². The molecule has 1 aromatic carbocycles. The van der Waals surface area contributed by atoms with Crippen LogP contribution in [0.25, 0.3) is 0 Å². The van der Waals surface area contributed by atoms with E-state index in [-0.39, 0.29) is 12.3 Å². The molecule has 0 aromatic heterocycles. The highest BCUT2D eigenvalue weighted by Gasteiger charge is 2.48. The molecule has 1 aliphatic heterocycles. The third-order valence-electron chi connectivity index (χ3n) is 4.01. The molecule has 1 aromatic rings. The Labute approximate surface area is 123 Å². The Kier molecular flexibility index (Phi) is 5.27. The van der Waals surface area contributed by atoms with Crippen molar-refractivity contribution in [3.63, 3.8) is 0 Å². The van der Waals surface area contributed by atoms with Crippen molar-refractivity contribution in [1.29, 1.82) is 0 Å². The summed E-state index contributed by atoms with van der Waals surface area (Å²) in [6.07, 6.45) is -2.84. The van der Waals surface area contributed by atoms with Gasteiger partial charge in [-0.1, -0.05) is 30.3 Å². The Morgan fingerprint density at radius 2 is 2.00 bits per heavy atom. The maximum absolute atomic E-state index is 14.2. The summed E-state index contributed by atoms with van der Waals surface area (Å²) in [6, 6.07) is 7.97. The molecule has 0 unspecified atom stereocenters. The summed E-state index contributed by atoms with van der Waals surface area (Å²) < 4.78 is 14.2. The fourth-order valence-electron chi connectivity index (χ4n) is 2.83. The highest BCUT2D eigenvalue weighted by molar-refractivity contribution is 5.76. The average molecular weight is 296 g/mol. The quantitative estimate of drug-likeness (QED) is 0.719. The van der Waals surface area contributed by atoms with Gasteiger partial charge in [0.15, 0.2) is 0 Å². The Balaban J connectivity index is 2.20. The summed E-state index contributed by atoms with van der Waals surface area (Å²) in [7, 11) is 1.50. The lowest BCUT2D eigenvalue weighted by molar-refractivity contribution is -0.122. The van der Waals surface area contributed by atoms with E-state index < -0.39 is 31.0 Å². The highest BCUT2D eigenvalue weighted by atomic mass is 19.1. The van der Waals surface area contributed by atoms with Crippen LogP contribution in [0.3, 0.4) is 0 Å². The zero-order chi connectivity index (χ0) is 15.4. The van der Waals surface area contributed by atoms with Crippen LogP contribution in [-0.4, -0.2) is 59.0 Å². The first-order valence-corrected chi connectivity index (χ1v) is 7.01. The zero-order valence-electron chi connectivity index (χ0n) is 11.9. The molecule has 2 rings (SSSR count). The standard InChI is InChI=1S/C15H21FN2O3/c1-17-13(20)7-11-15(21)14(16)12(9-19)18(11)8-10-5-3-2-4-6-10/h2-6,11-12,14-15,19,21H,7-9H2,1H3,(H,17,20)/t11-,12-,14-,15-/m1/s1. The number of aliphatic hydroxyl groups is 2. The molecule has 116 valence electrons. The molecule has 0 saturated carbocycles. The van der Waals surface area contributed by atoms with Gasteiger partial charge in [0.1, 0.15) is 12.3 Å². The van der Waals surface area contributed by atoms with Crippen molar-refractivity contribution in [2.45, 2.75) is 37.3 Å². The Morgan fingerprint density at radius 1 is 1.33 bits per heavy atom. The van der Waals surface area contributed by atoms with E-state index >= 15 is 0 Å². The van der Waals surface area contributed by atoms with Gasteiger partial charge in [-0.15, -0.1) is 0 Å². The summed E-state index contributed by atoms with van der Waals surface area (Å²) in [5.41, 5.74) is 0.944. The van der Waals surface area contributed by atoms with E-state index in [0.29, 0.717) is 6.54 Å². The van der Waals surface area contributed by atoms with Crippen LogP contribution in [-0.2, 0) is 11.3 Å². The summed E-state index contributed by atoms with van der Waals surface area (Å²) >= 11 is 0. The van der Waals surface area contributed by atoms with Crippen molar-refractivity contribution in [1.82, 2.24) is 10.2 Å². The molecule has 0 aliphatic carbocycles. The number of carbonyl (C=O) groups excluding carboxylic acids is 1. The monoisotopic (exact) mass is 296 g/mol. The fourth-order valence-corrected chi connectivity index (χ4v) is 2.83. The maximum atomic E-state index is 14.2. The molecular weight excluding hydrogens is 275 g/mol. The molecule has 4 atom stereocenters. The summed E-state index contributed by atoms with van der Waals surface area (Å²) in [5, 5.41) is 21.9. The maximum Gasteiger partial charge on any atom is 0.221 e. The van der Waals surface area contributed by atoms with Gasteiger partial charge in [-0.05, 0) is 5.56 Å².